The van der Waals surface area contributed by atoms with Gasteiger partial charge in [0.05, 0.1) is 6.04 Å². The molecule has 12 heteroatoms. The summed E-state index contributed by atoms with van der Waals surface area (Å²) in [5, 5.41) is 33.0. The van der Waals surface area contributed by atoms with Crippen molar-refractivity contribution in [3.63, 3.8) is 0 Å². The van der Waals surface area contributed by atoms with Gasteiger partial charge in [0, 0.05) is 19.4 Å². The molecule has 1 heterocycles. The first-order chi connectivity index (χ1) is 17.4. The van der Waals surface area contributed by atoms with Gasteiger partial charge in [0.15, 0.2) is 0 Å². The van der Waals surface area contributed by atoms with Gasteiger partial charge in [0.2, 0.25) is 17.7 Å². The number of phenolic OH excluding ortho intramolecular Hbond substituents is 1. The molecule has 1 fully saturated rings. The number of likely N-dealkylation sites (tertiary alicyclic amines) is 1. The number of carboxylic acids is 2. The molecule has 1 aliphatic heterocycles. The van der Waals surface area contributed by atoms with Crippen LogP contribution in [-0.4, -0.2) is 80.6 Å². The van der Waals surface area contributed by atoms with Gasteiger partial charge in [-0.05, 0) is 49.3 Å². The van der Waals surface area contributed by atoms with Crippen LogP contribution >= 0.6 is 0 Å². The Morgan fingerprint density at radius 1 is 1.05 bits per heavy atom. The van der Waals surface area contributed by atoms with Gasteiger partial charge in [-0.2, -0.15) is 0 Å². The number of nitrogens with two attached hydrogens (primary N) is 1. The fourth-order valence-corrected chi connectivity index (χ4v) is 4.22. The third-order valence-corrected chi connectivity index (χ3v) is 6.16. The van der Waals surface area contributed by atoms with E-state index < -0.39 is 53.8 Å². The van der Waals surface area contributed by atoms with Crippen LogP contribution in [0.15, 0.2) is 24.3 Å². The van der Waals surface area contributed by atoms with E-state index in [1.54, 1.807) is 12.1 Å². The summed E-state index contributed by atoms with van der Waals surface area (Å²) >= 11 is 0. The first-order valence-corrected chi connectivity index (χ1v) is 12.3. The number of nitrogens with zero attached hydrogens (tertiary/aromatic N) is 1. The number of hydrogen-bond acceptors (Lipinski definition) is 7. The minimum Gasteiger partial charge on any atom is -0.508 e. The highest BCUT2D eigenvalue weighted by molar-refractivity contribution is 5.94. The maximum absolute atomic E-state index is 13.4. The summed E-state index contributed by atoms with van der Waals surface area (Å²) in [6.07, 6.45) is 0.752. The predicted molar refractivity (Wildman–Crippen MR) is 132 cm³/mol. The normalized spacial score (nSPS) is 17.6. The van der Waals surface area contributed by atoms with E-state index in [1.165, 1.54) is 17.0 Å². The number of rotatable bonds is 13. The van der Waals surface area contributed by atoms with Crippen LogP contribution in [0.3, 0.4) is 0 Å². The molecule has 1 saturated heterocycles. The highest BCUT2D eigenvalue weighted by Gasteiger charge is 2.39. The largest absolute Gasteiger partial charge is 0.508 e. The topological polar surface area (TPSA) is 199 Å². The van der Waals surface area contributed by atoms with E-state index in [2.05, 4.69) is 10.6 Å². The van der Waals surface area contributed by atoms with Gasteiger partial charge in [0.1, 0.15) is 23.9 Å². The Labute approximate surface area is 215 Å². The minimum atomic E-state index is -1.24. The van der Waals surface area contributed by atoms with Gasteiger partial charge in [-0.1, -0.05) is 26.0 Å². The van der Waals surface area contributed by atoms with E-state index in [0.29, 0.717) is 18.4 Å². The fraction of sp³-hybridized carbons (Fsp3) is 0.560. The third-order valence-electron chi connectivity index (χ3n) is 6.16. The number of aliphatic carboxylic acids is 2. The second-order valence-electron chi connectivity index (χ2n) is 9.69. The van der Waals surface area contributed by atoms with Crippen LogP contribution in [0.1, 0.15) is 51.5 Å². The Balaban J connectivity index is 2.11. The van der Waals surface area contributed by atoms with Crippen molar-refractivity contribution in [3.8, 4) is 5.75 Å². The lowest BCUT2D eigenvalue weighted by Gasteiger charge is -2.30. The molecule has 3 amide bonds. The monoisotopic (exact) mass is 520 g/mol. The summed E-state index contributed by atoms with van der Waals surface area (Å²) in [6, 6.07) is 1.74. The highest BCUT2D eigenvalue weighted by Crippen LogP contribution is 2.21. The van der Waals surface area contributed by atoms with Gasteiger partial charge < -0.3 is 36.6 Å². The van der Waals surface area contributed by atoms with Crippen LogP contribution in [0.25, 0.3) is 0 Å². The smallest absolute Gasteiger partial charge is 0.326 e. The van der Waals surface area contributed by atoms with E-state index >= 15 is 0 Å². The second kappa shape index (κ2) is 13.6. The number of carbonyl (C=O) groups excluding carboxylic acids is 3. The first kappa shape index (κ1) is 29.6. The van der Waals surface area contributed by atoms with E-state index in [4.69, 9.17) is 10.8 Å². The zero-order valence-electron chi connectivity index (χ0n) is 21.1. The predicted octanol–water partition coefficient (Wildman–Crippen LogP) is 0.218. The Morgan fingerprint density at radius 3 is 2.27 bits per heavy atom. The summed E-state index contributed by atoms with van der Waals surface area (Å²) < 4.78 is 0. The molecule has 0 bridgehead atoms. The summed E-state index contributed by atoms with van der Waals surface area (Å²) in [5.74, 6) is -4.01. The van der Waals surface area contributed by atoms with Gasteiger partial charge >= 0.3 is 11.9 Å². The van der Waals surface area contributed by atoms with Crippen LogP contribution in [0.5, 0.6) is 5.75 Å². The molecule has 4 atom stereocenters. The average Bonchev–Trinajstić information content (AvgIpc) is 3.32. The van der Waals surface area contributed by atoms with Crippen LogP contribution in [0.4, 0.5) is 0 Å². The molecule has 12 nitrogen and oxygen atoms in total. The third kappa shape index (κ3) is 9.05. The minimum absolute atomic E-state index is 0.0116. The Hall–Kier alpha value is -3.67. The molecule has 0 aliphatic carbocycles. The molecule has 0 spiro atoms. The number of benzene rings is 1. The Morgan fingerprint density at radius 2 is 1.70 bits per heavy atom. The number of aromatic hydroxyl groups is 1. The van der Waals surface area contributed by atoms with Crippen molar-refractivity contribution in [2.24, 2.45) is 11.7 Å². The maximum atomic E-state index is 13.4. The lowest BCUT2D eigenvalue weighted by molar-refractivity contribution is -0.145. The summed E-state index contributed by atoms with van der Waals surface area (Å²) in [6.45, 7) is 4.00. The average molecular weight is 521 g/mol. The van der Waals surface area contributed by atoms with Gasteiger partial charge in [0.25, 0.3) is 0 Å². The zero-order valence-corrected chi connectivity index (χ0v) is 21.1. The van der Waals surface area contributed by atoms with Crippen LogP contribution in [0.2, 0.25) is 0 Å². The summed E-state index contributed by atoms with van der Waals surface area (Å²) in [4.78, 5) is 63.0. The van der Waals surface area contributed by atoms with Crippen molar-refractivity contribution in [1.29, 1.82) is 0 Å². The molecule has 1 aromatic carbocycles. The van der Waals surface area contributed by atoms with Crippen molar-refractivity contribution in [3.05, 3.63) is 29.8 Å². The molecule has 0 saturated carbocycles. The Bertz CT molecular complexity index is 981. The summed E-state index contributed by atoms with van der Waals surface area (Å²) in [5.41, 5.74) is 6.40. The molecular formula is C25H36N4O8. The summed E-state index contributed by atoms with van der Waals surface area (Å²) in [7, 11) is 0. The molecular weight excluding hydrogens is 484 g/mol. The first-order valence-electron chi connectivity index (χ1n) is 12.3. The van der Waals surface area contributed by atoms with Crippen LogP contribution in [-0.2, 0) is 30.4 Å². The number of hydrogen-bond donors (Lipinski definition) is 6. The standard InChI is InChI=1S/C25H36N4O8/c1-14(2)12-18(27-22(33)17(26)9-10-21(31)32)24(35)29-11-3-4-20(29)23(34)28-19(25(36)37)13-15-5-7-16(30)8-6-15/h5-8,14,17-20,30H,3-4,9-13,26H2,1-2H3,(H,27,33)(H,28,34)(H,31,32)(H,36,37). The lowest BCUT2D eigenvalue weighted by Crippen LogP contribution is -2.57. The molecule has 204 valence electrons. The van der Waals surface area contributed by atoms with Crippen molar-refractivity contribution < 1.29 is 39.3 Å². The van der Waals surface area contributed by atoms with Crippen LogP contribution in [0, 0.1) is 5.92 Å². The van der Waals surface area contributed by atoms with Gasteiger partial charge in [-0.25, -0.2) is 4.79 Å². The second-order valence-corrected chi connectivity index (χ2v) is 9.69. The van der Waals surface area contributed by atoms with E-state index in [9.17, 15) is 34.2 Å². The number of amides is 3. The van der Waals surface area contributed by atoms with Crippen molar-refractivity contribution in [2.45, 2.75) is 76.5 Å². The van der Waals surface area contributed by atoms with Gasteiger partial charge in [-0.3, -0.25) is 19.2 Å². The van der Waals surface area contributed by atoms with E-state index in [1.807, 2.05) is 13.8 Å². The van der Waals surface area contributed by atoms with E-state index in [-0.39, 0.29) is 43.9 Å². The fourth-order valence-electron chi connectivity index (χ4n) is 4.22. The van der Waals surface area contributed by atoms with Gasteiger partial charge in [-0.15, -0.1) is 0 Å². The molecule has 2 rings (SSSR count). The highest BCUT2D eigenvalue weighted by atomic mass is 16.4. The molecule has 0 aromatic heterocycles. The quantitative estimate of drug-likeness (QED) is 0.210. The molecule has 0 radical (unpaired) electrons. The van der Waals surface area contributed by atoms with E-state index in [0.717, 1.165) is 0 Å². The molecule has 4 unspecified atom stereocenters. The molecule has 1 aromatic rings. The number of phenols is 1. The van der Waals surface area contributed by atoms with Crippen molar-refractivity contribution in [2.75, 3.05) is 6.54 Å². The maximum Gasteiger partial charge on any atom is 0.326 e. The SMILES string of the molecule is CC(C)CC(NC(=O)C(N)CCC(=O)O)C(=O)N1CCCC1C(=O)NC(Cc1ccc(O)cc1)C(=O)O. The Kier molecular flexibility index (Phi) is 10.9. The van der Waals surface area contributed by atoms with Crippen molar-refractivity contribution >= 4 is 29.7 Å². The number of nitrogens with one attached hydrogen (secondary N) is 2. The molecule has 7 N–H and O–H groups in total. The lowest BCUT2D eigenvalue weighted by atomic mass is 10.0. The molecule has 37 heavy (non-hydrogen) atoms. The zero-order chi connectivity index (χ0) is 27.7. The van der Waals surface area contributed by atoms with Crippen LogP contribution < -0.4 is 16.4 Å². The molecule has 1 aliphatic rings. The van der Waals surface area contributed by atoms with Crippen molar-refractivity contribution in [1.82, 2.24) is 15.5 Å². The number of carboxylic acid groups (broad SMARTS) is 2. The number of carbonyl (C=O) groups is 5.